The maximum Gasteiger partial charge on any atom is 0.144 e. The fourth-order valence-electron chi connectivity index (χ4n) is 0.423. The Labute approximate surface area is 78.1 Å². The number of hydrogen-bond acceptors (Lipinski definition) is 1. The Balaban J connectivity index is 4.10. The Morgan fingerprint density at radius 1 is 1.50 bits per heavy atom. The third-order valence-corrected chi connectivity index (χ3v) is 2.94. The van der Waals surface area contributed by atoms with Crippen molar-refractivity contribution in [3.05, 3.63) is 0 Å². The van der Waals surface area contributed by atoms with E-state index in [-0.39, 0.29) is 4.75 Å². The van der Waals surface area contributed by atoms with Crippen LogP contribution in [0.5, 0.6) is 0 Å². The smallest absolute Gasteiger partial charge is 0.144 e. The predicted molar refractivity (Wildman–Crippen MR) is 55.8 cm³/mol. The molecule has 2 atom stereocenters. The monoisotopic (exact) mass is 189 g/mol. The second-order valence-corrected chi connectivity index (χ2v) is 5.94. The van der Waals surface area contributed by atoms with Crippen molar-refractivity contribution in [1.82, 2.24) is 0 Å². The summed E-state index contributed by atoms with van der Waals surface area (Å²) in [4.78, 5) is 0. The molecule has 0 rings (SSSR count). The molecule has 0 N–H and O–H groups in total. The molecule has 0 aromatic heterocycles. The van der Waals surface area contributed by atoms with Crippen molar-refractivity contribution in [2.45, 2.75) is 45.8 Å². The minimum absolute atomic E-state index is 0.232. The van der Waals surface area contributed by atoms with Gasteiger partial charge in [0.2, 0.25) is 0 Å². The third kappa shape index (κ3) is 4.65. The second kappa shape index (κ2) is 4.75. The van der Waals surface area contributed by atoms with Crippen LogP contribution in [0.3, 0.4) is 0 Å². The van der Waals surface area contributed by atoms with E-state index in [2.05, 4.69) is 18.2 Å². The van der Waals surface area contributed by atoms with Gasteiger partial charge in [-0.3, -0.25) is 0 Å². The highest BCUT2D eigenvalue weighted by Gasteiger charge is 2.18. The molecule has 0 aliphatic carbocycles. The zero-order valence-electron chi connectivity index (χ0n) is 8.63. The van der Waals surface area contributed by atoms with Crippen LogP contribution >= 0.6 is 0 Å². The van der Waals surface area contributed by atoms with E-state index in [1.165, 1.54) is 0 Å². The van der Waals surface area contributed by atoms with Gasteiger partial charge in [-0.15, -0.1) is 0 Å². The quantitative estimate of drug-likeness (QED) is 0.627. The van der Waals surface area contributed by atoms with Crippen LogP contribution < -0.4 is 0 Å². The van der Waals surface area contributed by atoms with Crippen LogP contribution in [0.25, 0.3) is 0 Å². The summed E-state index contributed by atoms with van der Waals surface area (Å²) in [6, 6.07) is 0. The standard InChI is InChI=1S/C9H19NOS/c1-6-8(2)7-10-12(11)9(3,4)5/h7-8H,6H2,1-5H3/b10-7+. The Morgan fingerprint density at radius 3 is 2.33 bits per heavy atom. The highest BCUT2D eigenvalue weighted by molar-refractivity contribution is 7.85. The predicted octanol–water partition coefficient (Wildman–Crippen LogP) is 2.57. The van der Waals surface area contributed by atoms with Crippen molar-refractivity contribution in [3.8, 4) is 0 Å². The molecular formula is C9H19NOS. The average Bonchev–Trinajstić information content (AvgIpc) is 1.97. The molecule has 0 bridgehead atoms. The highest BCUT2D eigenvalue weighted by atomic mass is 32.2. The van der Waals surface area contributed by atoms with E-state index in [0.29, 0.717) is 5.92 Å². The molecule has 2 unspecified atom stereocenters. The van der Waals surface area contributed by atoms with Gasteiger partial charge in [-0.1, -0.05) is 13.8 Å². The fourth-order valence-corrected chi connectivity index (χ4v) is 1.06. The van der Waals surface area contributed by atoms with Crippen LogP contribution in [-0.4, -0.2) is 15.2 Å². The molecule has 0 spiro atoms. The molecule has 0 heterocycles. The van der Waals surface area contributed by atoms with E-state index < -0.39 is 11.0 Å². The highest BCUT2D eigenvalue weighted by Crippen LogP contribution is 2.12. The van der Waals surface area contributed by atoms with Gasteiger partial charge in [-0.25, -0.2) is 4.21 Å². The largest absolute Gasteiger partial charge is 0.234 e. The fraction of sp³-hybridized carbons (Fsp3) is 0.889. The molecule has 0 saturated heterocycles. The minimum atomic E-state index is -1.09. The number of nitrogens with zero attached hydrogens (tertiary/aromatic N) is 1. The Hall–Kier alpha value is -0.180. The van der Waals surface area contributed by atoms with Crippen molar-refractivity contribution in [2.75, 3.05) is 0 Å². The van der Waals surface area contributed by atoms with Crippen LogP contribution in [-0.2, 0) is 11.0 Å². The van der Waals surface area contributed by atoms with Gasteiger partial charge in [-0.05, 0) is 33.1 Å². The van der Waals surface area contributed by atoms with E-state index in [1.54, 1.807) is 6.21 Å². The minimum Gasteiger partial charge on any atom is -0.234 e. The van der Waals surface area contributed by atoms with Crippen molar-refractivity contribution in [1.29, 1.82) is 0 Å². The lowest BCUT2D eigenvalue weighted by Crippen LogP contribution is -2.20. The Morgan fingerprint density at radius 2 is 2.00 bits per heavy atom. The second-order valence-electron chi connectivity index (χ2n) is 4.00. The van der Waals surface area contributed by atoms with Crippen molar-refractivity contribution < 1.29 is 4.21 Å². The third-order valence-electron chi connectivity index (χ3n) is 1.58. The molecule has 0 radical (unpaired) electrons. The van der Waals surface area contributed by atoms with Crippen LogP contribution in [0.1, 0.15) is 41.0 Å². The van der Waals surface area contributed by atoms with Gasteiger partial charge in [-0.2, -0.15) is 4.40 Å². The summed E-state index contributed by atoms with van der Waals surface area (Å²) in [5, 5.41) is 0. The lowest BCUT2D eigenvalue weighted by atomic mass is 10.1. The lowest BCUT2D eigenvalue weighted by Gasteiger charge is -2.13. The molecule has 0 saturated carbocycles. The molecule has 0 aromatic carbocycles. The van der Waals surface area contributed by atoms with E-state index >= 15 is 0 Å². The zero-order chi connectivity index (χ0) is 9.78. The zero-order valence-corrected chi connectivity index (χ0v) is 9.44. The average molecular weight is 189 g/mol. The Kier molecular flexibility index (Phi) is 4.68. The topological polar surface area (TPSA) is 29.4 Å². The van der Waals surface area contributed by atoms with Crippen LogP contribution in [0.2, 0.25) is 0 Å². The first-order valence-electron chi connectivity index (χ1n) is 4.34. The van der Waals surface area contributed by atoms with Gasteiger partial charge in [0.15, 0.2) is 0 Å². The van der Waals surface area contributed by atoms with Gasteiger partial charge in [0.05, 0.1) is 4.75 Å². The van der Waals surface area contributed by atoms with E-state index in [4.69, 9.17) is 0 Å². The molecule has 12 heavy (non-hydrogen) atoms. The van der Waals surface area contributed by atoms with Crippen molar-refractivity contribution >= 4 is 17.2 Å². The molecule has 0 amide bonds. The van der Waals surface area contributed by atoms with E-state index in [1.807, 2.05) is 20.8 Å². The van der Waals surface area contributed by atoms with Crippen LogP contribution in [0.4, 0.5) is 0 Å². The normalized spacial score (nSPS) is 18.1. The number of rotatable bonds is 3. The summed E-state index contributed by atoms with van der Waals surface area (Å²) < 4.78 is 15.2. The molecule has 0 aliphatic rings. The summed E-state index contributed by atoms with van der Waals surface area (Å²) in [5.41, 5.74) is 0. The molecule has 0 aromatic rings. The van der Waals surface area contributed by atoms with Gasteiger partial charge < -0.3 is 0 Å². The van der Waals surface area contributed by atoms with Crippen LogP contribution in [0, 0.1) is 5.92 Å². The van der Waals surface area contributed by atoms with Gasteiger partial charge in [0.1, 0.15) is 11.0 Å². The van der Waals surface area contributed by atoms with Gasteiger partial charge in [0.25, 0.3) is 0 Å². The molecule has 0 fully saturated rings. The van der Waals surface area contributed by atoms with Crippen LogP contribution in [0.15, 0.2) is 4.40 Å². The Bertz CT molecular complexity index is 181. The van der Waals surface area contributed by atoms with Crippen molar-refractivity contribution in [3.63, 3.8) is 0 Å². The SMILES string of the molecule is CCC(C)/C=N/S(=O)C(C)(C)C. The molecular weight excluding hydrogens is 170 g/mol. The molecule has 3 heteroatoms. The molecule has 2 nitrogen and oxygen atoms in total. The summed E-state index contributed by atoms with van der Waals surface area (Å²) in [6.07, 6.45) is 2.84. The first-order chi connectivity index (χ1) is 5.38. The lowest BCUT2D eigenvalue weighted by molar-refractivity contribution is 0.650. The number of hydrogen-bond donors (Lipinski definition) is 0. The van der Waals surface area contributed by atoms with E-state index in [9.17, 15) is 4.21 Å². The maximum absolute atomic E-state index is 11.4. The van der Waals surface area contributed by atoms with Crippen molar-refractivity contribution in [2.24, 2.45) is 10.3 Å². The maximum atomic E-state index is 11.4. The summed E-state index contributed by atoms with van der Waals surface area (Å²) in [7, 11) is -1.09. The van der Waals surface area contributed by atoms with E-state index in [0.717, 1.165) is 6.42 Å². The molecule has 72 valence electrons. The summed E-state index contributed by atoms with van der Waals surface area (Å²) in [6.45, 7) is 9.95. The molecule has 0 aliphatic heterocycles. The first-order valence-corrected chi connectivity index (χ1v) is 5.44. The first kappa shape index (κ1) is 11.8. The summed E-state index contributed by atoms with van der Waals surface area (Å²) in [5.74, 6) is 0.427. The van der Waals surface area contributed by atoms with Gasteiger partial charge in [0, 0.05) is 6.21 Å². The van der Waals surface area contributed by atoms with Gasteiger partial charge >= 0.3 is 0 Å². The summed E-state index contributed by atoms with van der Waals surface area (Å²) >= 11 is 0.